The zero-order valence-corrected chi connectivity index (χ0v) is 9.36. The molecule has 0 radical (unpaired) electrons. The van der Waals surface area contributed by atoms with E-state index in [9.17, 15) is 0 Å². The predicted molar refractivity (Wildman–Crippen MR) is 61.0 cm³/mol. The van der Waals surface area contributed by atoms with Gasteiger partial charge in [-0.05, 0) is 20.3 Å². The van der Waals surface area contributed by atoms with Gasteiger partial charge in [-0.2, -0.15) is 0 Å². The average Bonchev–Trinajstić information content (AvgIpc) is 2.15. The highest BCUT2D eigenvalue weighted by molar-refractivity contribution is 5.58. The van der Waals surface area contributed by atoms with E-state index in [4.69, 9.17) is 4.84 Å². The zero-order valence-electron chi connectivity index (χ0n) is 9.36. The lowest BCUT2D eigenvalue weighted by Crippen LogP contribution is -2.11. The smallest absolute Gasteiger partial charge is 0.121 e. The molecule has 0 heterocycles. The van der Waals surface area contributed by atoms with E-state index >= 15 is 0 Å². The summed E-state index contributed by atoms with van der Waals surface area (Å²) >= 11 is 0. The topological polar surface area (TPSA) is 46.0 Å². The van der Waals surface area contributed by atoms with E-state index in [0.29, 0.717) is 0 Å². The normalized spacial score (nSPS) is 11.7. The lowest BCUT2D eigenvalue weighted by atomic mass is 10.5. The lowest BCUT2D eigenvalue weighted by molar-refractivity contribution is 0.0868. The van der Waals surface area contributed by atoms with Crippen LogP contribution < -0.4 is 5.32 Å². The van der Waals surface area contributed by atoms with Crippen LogP contribution in [0.5, 0.6) is 0 Å². The van der Waals surface area contributed by atoms with Gasteiger partial charge in [0.2, 0.25) is 0 Å². The molecule has 0 aromatic carbocycles. The summed E-state index contributed by atoms with van der Waals surface area (Å²) in [5.74, 6) is 0. The molecule has 0 aliphatic carbocycles. The Morgan fingerprint density at radius 3 is 2.86 bits per heavy atom. The molecule has 0 rings (SSSR count). The maximum atomic E-state index is 4.99. The zero-order chi connectivity index (χ0) is 10.6. The van der Waals surface area contributed by atoms with E-state index in [0.717, 1.165) is 25.9 Å². The van der Waals surface area contributed by atoms with Gasteiger partial charge in [0.05, 0.1) is 6.34 Å². The van der Waals surface area contributed by atoms with E-state index in [2.05, 4.69) is 22.4 Å². The number of aliphatic imine (C=N–C) groups is 1. The number of hydrogen-bond donors (Lipinski definition) is 1. The highest BCUT2D eigenvalue weighted by Crippen LogP contribution is 1.87. The second-order valence-corrected chi connectivity index (χ2v) is 3.22. The molecule has 0 aromatic heterocycles. The van der Waals surface area contributed by atoms with Gasteiger partial charge in [-0.25, -0.2) is 0 Å². The molecule has 0 aliphatic rings. The highest BCUT2D eigenvalue weighted by Gasteiger charge is 1.86. The first-order valence-corrected chi connectivity index (χ1v) is 5.16. The summed E-state index contributed by atoms with van der Waals surface area (Å²) in [6.45, 7) is 7.75. The summed E-state index contributed by atoms with van der Waals surface area (Å²) in [5, 5.41) is 6.86. The van der Waals surface area contributed by atoms with Crippen LogP contribution in [0.2, 0.25) is 0 Å². The van der Waals surface area contributed by atoms with E-state index in [1.807, 2.05) is 13.8 Å². The van der Waals surface area contributed by atoms with Gasteiger partial charge in [0, 0.05) is 25.7 Å². The van der Waals surface area contributed by atoms with Gasteiger partial charge >= 0.3 is 0 Å². The van der Waals surface area contributed by atoms with Crippen molar-refractivity contribution in [3.8, 4) is 0 Å². The van der Waals surface area contributed by atoms with Gasteiger partial charge in [-0.15, -0.1) is 0 Å². The largest absolute Gasteiger partial charge is 0.393 e. The summed E-state index contributed by atoms with van der Waals surface area (Å²) in [6, 6.07) is 0. The predicted octanol–water partition coefficient (Wildman–Crippen LogP) is 1.82. The van der Waals surface area contributed by atoms with Crippen molar-refractivity contribution in [3.05, 3.63) is 0 Å². The Bertz CT molecular complexity index is 167. The Balaban J connectivity index is 3.19. The second-order valence-electron chi connectivity index (χ2n) is 3.22. The molecule has 0 saturated heterocycles. The first kappa shape index (κ1) is 12.9. The first-order chi connectivity index (χ1) is 6.77. The van der Waals surface area contributed by atoms with Gasteiger partial charge < -0.3 is 10.2 Å². The van der Waals surface area contributed by atoms with Crippen LogP contribution >= 0.6 is 0 Å². The fraction of sp³-hybridized carbons (Fsp3) is 0.800. The molecule has 0 amide bonds. The molecule has 0 atom stereocenters. The van der Waals surface area contributed by atoms with Crippen molar-refractivity contribution in [1.29, 1.82) is 0 Å². The molecule has 0 aliphatic heterocycles. The summed E-state index contributed by atoms with van der Waals surface area (Å²) < 4.78 is 0. The van der Waals surface area contributed by atoms with E-state index in [-0.39, 0.29) is 6.10 Å². The Hall–Kier alpha value is -1.06. The third kappa shape index (κ3) is 10.9. The van der Waals surface area contributed by atoms with Crippen molar-refractivity contribution < 1.29 is 4.84 Å². The standard InChI is InChI=1S/C10H21N3O/c1-4-6-11-9-12-7-5-8-13-14-10(2)3/h8-10H,4-7H2,1-3H3,(H,11,12)/b13-8-. The SMILES string of the molecule is CCCN/C=N\CC/C=N\OC(C)C. The molecule has 0 unspecified atom stereocenters. The third-order valence-electron chi connectivity index (χ3n) is 1.31. The van der Waals surface area contributed by atoms with Crippen LogP contribution in [0.3, 0.4) is 0 Å². The molecule has 82 valence electrons. The van der Waals surface area contributed by atoms with Crippen LogP contribution in [0.25, 0.3) is 0 Å². The molecular weight excluding hydrogens is 178 g/mol. The van der Waals surface area contributed by atoms with Crippen LogP contribution in [-0.4, -0.2) is 31.7 Å². The van der Waals surface area contributed by atoms with Crippen LogP contribution in [0.1, 0.15) is 33.6 Å². The fourth-order valence-electron chi connectivity index (χ4n) is 0.688. The van der Waals surface area contributed by atoms with Gasteiger partial charge in [0.25, 0.3) is 0 Å². The Labute approximate surface area is 86.4 Å². The van der Waals surface area contributed by atoms with Gasteiger partial charge in [0.15, 0.2) is 0 Å². The molecule has 4 nitrogen and oxygen atoms in total. The summed E-state index contributed by atoms with van der Waals surface area (Å²) in [4.78, 5) is 9.13. The highest BCUT2D eigenvalue weighted by atomic mass is 16.6. The minimum absolute atomic E-state index is 0.154. The number of nitrogens with zero attached hydrogens (tertiary/aromatic N) is 2. The Morgan fingerprint density at radius 2 is 2.21 bits per heavy atom. The van der Waals surface area contributed by atoms with E-state index in [1.54, 1.807) is 12.6 Å². The summed E-state index contributed by atoms with van der Waals surface area (Å²) in [5.41, 5.74) is 0. The van der Waals surface area contributed by atoms with Crippen molar-refractivity contribution in [2.45, 2.75) is 39.7 Å². The molecule has 0 aromatic rings. The second kappa shape index (κ2) is 10.0. The fourth-order valence-corrected chi connectivity index (χ4v) is 0.688. The number of hydrogen-bond acceptors (Lipinski definition) is 3. The molecule has 14 heavy (non-hydrogen) atoms. The molecule has 0 bridgehead atoms. The maximum Gasteiger partial charge on any atom is 0.121 e. The van der Waals surface area contributed by atoms with Gasteiger partial charge in [-0.1, -0.05) is 12.1 Å². The van der Waals surface area contributed by atoms with Crippen LogP contribution in [-0.2, 0) is 4.84 Å². The lowest BCUT2D eigenvalue weighted by Gasteiger charge is -1.99. The molecule has 0 fully saturated rings. The monoisotopic (exact) mass is 199 g/mol. The molecule has 4 heteroatoms. The quantitative estimate of drug-likeness (QED) is 0.280. The third-order valence-corrected chi connectivity index (χ3v) is 1.31. The van der Waals surface area contributed by atoms with Gasteiger partial charge in [0.1, 0.15) is 6.10 Å². The maximum absolute atomic E-state index is 4.99. The van der Waals surface area contributed by atoms with Crippen LogP contribution in [0, 0.1) is 0 Å². The summed E-state index contributed by atoms with van der Waals surface area (Å²) in [7, 11) is 0. The minimum Gasteiger partial charge on any atom is -0.393 e. The molecule has 1 N–H and O–H groups in total. The molecule has 0 spiro atoms. The Morgan fingerprint density at radius 1 is 1.43 bits per heavy atom. The molecule has 0 saturated carbocycles. The van der Waals surface area contributed by atoms with Crippen molar-refractivity contribution in [3.63, 3.8) is 0 Å². The van der Waals surface area contributed by atoms with Crippen molar-refractivity contribution in [2.24, 2.45) is 10.1 Å². The van der Waals surface area contributed by atoms with E-state index < -0.39 is 0 Å². The number of rotatable bonds is 8. The van der Waals surface area contributed by atoms with Gasteiger partial charge in [-0.3, -0.25) is 4.99 Å². The van der Waals surface area contributed by atoms with E-state index in [1.165, 1.54) is 0 Å². The van der Waals surface area contributed by atoms with Crippen LogP contribution in [0.15, 0.2) is 10.1 Å². The minimum atomic E-state index is 0.154. The summed E-state index contributed by atoms with van der Waals surface area (Å²) in [6.07, 6.45) is 5.59. The number of oxime groups is 1. The Kier molecular flexibility index (Phi) is 9.26. The van der Waals surface area contributed by atoms with Crippen molar-refractivity contribution in [1.82, 2.24) is 5.32 Å². The van der Waals surface area contributed by atoms with Crippen molar-refractivity contribution in [2.75, 3.05) is 13.1 Å². The average molecular weight is 199 g/mol. The van der Waals surface area contributed by atoms with Crippen molar-refractivity contribution >= 4 is 12.6 Å². The first-order valence-electron chi connectivity index (χ1n) is 5.16. The molecular formula is C10H21N3O. The van der Waals surface area contributed by atoms with Crippen LogP contribution in [0.4, 0.5) is 0 Å². The number of nitrogens with one attached hydrogen (secondary N) is 1.